The molecule has 0 aromatic heterocycles. The monoisotopic (exact) mass is 357 g/mol. The first-order chi connectivity index (χ1) is 12.6. The number of hydrogen-bond acceptors (Lipinski definition) is 4. The van der Waals surface area contributed by atoms with Gasteiger partial charge in [-0.15, -0.1) is 0 Å². The summed E-state index contributed by atoms with van der Waals surface area (Å²) in [5, 5.41) is 0. The Morgan fingerprint density at radius 3 is 2.15 bits per heavy atom. The maximum absolute atomic E-state index is 12.5. The van der Waals surface area contributed by atoms with Crippen molar-refractivity contribution in [3.05, 3.63) is 53.6 Å². The molecular weight excluding hydrogens is 330 g/mol. The van der Waals surface area contributed by atoms with E-state index in [1.54, 1.807) is 19.1 Å². The molecule has 0 saturated heterocycles. The van der Waals surface area contributed by atoms with Crippen LogP contribution in [0.4, 0.5) is 0 Å². The van der Waals surface area contributed by atoms with Crippen molar-refractivity contribution in [2.24, 2.45) is 0 Å². The van der Waals surface area contributed by atoms with Gasteiger partial charge in [0.15, 0.2) is 18.1 Å². The van der Waals surface area contributed by atoms with E-state index in [0.29, 0.717) is 30.3 Å². The molecule has 0 unspecified atom stereocenters. The number of aryl methyl sites for hydroxylation is 1. The van der Waals surface area contributed by atoms with Gasteiger partial charge in [0.2, 0.25) is 0 Å². The third kappa shape index (κ3) is 5.15. The van der Waals surface area contributed by atoms with Gasteiger partial charge in [-0.25, -0.2) is 0 Å². The van der Waals surface area contributed by atoms with Crippen molar-refractivity contribution < 1.29 is 19.0 Å². The number of hydrogen-bond donors (Lipinski definition) is 0. The molecule has 2 aromatic carbocycles. The Morgan fingerprint density at radius 2 is 1.58 bits per heavy atom. The molecule has 5 nitrogen and oxygen atoms in total. The minimum absolute atomic E-state index is 0.0204. The molecular formula is C21H27NO4. The second-order valence-electron chi connectivity index (χ2n) is 5.88. The molecule has 0 bridgehead atoms. The fourth-order valence-corrected chi connectivity index (χ4v) is 2.63. The lowest BCUT2D eigenvalue weighted by molar-refractivity contribution is -0.133. The van der Waals surface area contributed by atoms with E-state index in [4.69, 9.17) is 14.2 Å². The second-order valence-corrected chi connectivity index (χ2v) is 5.88. The normalized spacial score (nSPS) is 10.3. The summed E-state index contributed by atoms with van der Waals surface area (Å²) in [6.07, 6.45) is 0.980. The molecule has 140 valence electrons. The topological polar surface area (TPSA) is 48.0 Å². The van der Waals surface area contributed by atoms with Gasteiger partial charge in [-0.1, -0.05) is 25.1 Å². The van der Waals surface area contributed by atoms with E-state index in [-0.39, 0.29) is 12.5 Å². The van der Waals surface area contributed by atoms with Crippen LogP contribution in [0.3, 0.4) is 0 Å². The number of carbonyl (C=O) groups excluding carboxylic acids is 1. The molecule has 0 aliphatic heterocycles. The van der Waals surface area contributed by atoms with Crippen molar-refractivity contribution >= 4 is 5.91 Å². The predicted molar refractivity (Wildman–Crippen MR) is 102 cm³/mol. The molecule has 0 radical (unpaired) electrons. The molecule has 0 fully saturated rings. The number of carbonyl (C=O) groups is 1. The summed E-state index contributed by atoms with van der Waals surface area (Å²) >= 11 is 0. The van der Waals surface area contributed by atoms with E-state index in [1.807, 2.05) is 49.4 Å². The summed E-state index contributed by atoms with van der Waals surface area (Å²) in [5.41, 5.74) is 2.22. The van der Waals surface area contributed by atoms with Crippen LogP contribution in [0, 0.1) is 0 Å². The summed E-state index contributed by atoms with van der Waals surface area (Å²) in [7, 11) is 3.20. The number of likely N-dealkylation sites (N-methyl/N-ethyl adjacent to an activating group) is 1. The van der Waals surface area contributed by atoms with E-state index >= 15 is 0 Å². The maximum Gasteiger partial charge on any atom is 0.260 e. The molecule has 0 heterocycles. The van der Waals surface area contributed by atoms with Crippen molar-refractivity contribution in [3.8, 4) is 17.2 Å². The van der Waals surface area contributed by atoms with Gasteiger partial charge in [0.1, 0.15) is 5.75 Å². The van der Waals surface area contributed by atoms with Gasteiger partial charge in [0.05, 0.1) is 14.2 Å². The Labute approximate surface area is 155 Å². The van der Waals surface area contributed by atoms with Crippen LogP contribution in [0.1, 0.15) is 25.0 Å². The number of rotatable bonds is 9. The number of amides is 1. The maximum atomic E-state index is 12.5. The first-order valence-electron chi connectivity index (χ1n) is 8.81. The molecule has 0 saturated carbocycles. The Kier molecular flexibility index (Phi) is 7.33. The highest BCUT2D eigenvalue weighted by atomic mass is 16.5. The van der Waals surface area contributed by atoms with Crippen molar-refractivity contribution in [1.82, 2.24) is 4.90 Å². The third-order valence-electron chi connectivity index (χ3n) is 4.25. The molecule has 26 heavy (non-hydrogen) atoms. The summed E-state index contributed by atoms with van der Waals surface area (Å²) in [6.45, 7) is 5.17. The van der Waals surface area contributed by atoms with Crippen LogP contribution < -0.4 is 14.2 Å². The minimum atomic E-state index is -0.0538. The highest BCUT2D eigenvalue weighted by Crippen LogP contribution is 2.28. The smallest absolute Gasteiger partial charge is 0.260 e. The Morgan fingerprint density at radius 1 is 0.923 bits per heavy atom. The van der Waals surface area contributed by atoms with Gasteiger partial charge >= 0.3 is 0 Å². The number of methoxy groups -OCH3 is 2. The predicted octanol–water partition coefficient (Wildman–Crippen LogP) is 3.69. The quantitative estimate of drug-likeness (QED) is 0.687. The summed E-state index contributed by atoms with van der Waals surface area (Å²) in [5.74, 6) is 1.98. The van der Waals surface area contributed by atoms with Crippen molar-refractivity contribution in [2.75, 3.05) is 27.4 Å². The van der Waals surface area contributed by atoms with Gasteiger partial charge in [-0.05, 0) is 48.7 Å². The molecule has 0 aliphatic carbocycles. The zero-order valence-corrected chi connectivity index (χ0v) is 16.0. The van der Waals surface area contributed by atoms with E-state index in [0.717, 1.165) is 12.0 Å². The lowest BCUT2D eigenvalue weighted by Gasteiger charge is -2.21. The fraction of sp³-hybridized carbons (Fsp3) is 0.381. The number of ether oxygens (including phenoxy) is 3. The average molecular weight is 357 g/mol. The van der Waals surface area contributed by atoms with Crippen LogP contribution in [0.15, 0.2) is 42.5 Å². The molecule has 1 amide bonds. The van der Waals surface area contributed by atoms with Crippen molar-refractivity contribution in [1.29, 1.82) is 0 Å². The molecule has 0 atom stereocenters. The van der Waals surface area contributed by atoms with Crippen LogP contribution in [0.5, 0.6) is 17.2 Å². The summed E-state index contributed by atoms with van der Waals surface area (Å²) in [6, 6.07) is 13.5. The first kappa shape index (κ1) is 19.6. The molecule has 2 aromatic rings. The van der Waals surface area contributed by atoms with Gasteiger partial charge in [-0.2, -0.15) is 0 Å². The van der Waals surface area contributed by atoms with Crippen LogP contribution in [-0.2, 0) is 17.8 Å². The standard InChI is InChI=1S/C21H27NO4/c1-5-16-7-10-18(11-8-16)26-15-21(23)22(6-2)14-17-9-12-19(24-3)20(13-17)25-4/h7-13H,5-6,14-15H2,1-4H3. The number of nitrogens with zero attached hydrogens (tertiary/aromatic N) is 1. The first-order valence-corrected chi connectivity index (χ1v) is 8.81. The lowest BCUT2D eigenvalue weighted by atomic mass is 10.2. The highest BCUT2D eigenvalue weighted by Gasteiger charge is 2.14. The third-order valence-corrected chi connectivity index (χ3v) is 4.25. The highest BCUT2D eigenvalue weighted by molar-refractivity contribution is 5.77. The molecule has 0 spiro atoms. The van der Waals surface area contributed by atoms with Gasteiger partial charge in [0, 0.05) is 13.1 Å². The molecule has 2 rings (SSSR count). The van der Waals surface area contributed by atoms with Crippen molar-refractivity contribution in [2.45, 2.75) is 26.8 Å². The molecule has 0 N–H and O–H groups in total. The van der Waals surface area contributed by atoms with Crippen LogP contribution in [0.25, 0.3) is 0 Å². The molecule has 0 aliphatic rings. The van der Waals surface area contributed by atoms with Crippen LogP contribution >= 0.6 is 0 Å². The Hall–Kier alpha value is -2.69. The van der Waals surface area contributed by atoms with Gasteiger partial charge < -0.3 is 19.1 Å². The van der Waals surface area contributed by atoms with E-state index in [2.05, 4.69) is 6.92 Å². The largest absolute Gasteiger partial charge is 0.493 e. The molecule has 5 heteroatoms. The lowest BCUT2D eigenvalue weighted by Crippen LogP contribution is -2.34. The zero-order chi connectivity index (χ0) is 18.9. The van der Waals surface area contributed by atoms with Crippen molar-refractivity contribution in [3.63, 3.8) is 0 Å². The van der Waals surface area contributed by atoms with Crippen LogP contribution in [0.2, 0.25) is 0 Å². The summed E-state index contributed by atoms with van der Waals surface area (Å²) in [4.78, 5) is 14.2. The minimum Gasteiger partial charge on any atom is -0.493 e. The van der Waals surface area contributed by atoms with E-state index < -0.39 is 0 Å². The Bertz CT molecular complexity index is 712. The Balaban J connectivity index is 1.97. The van der Waals surface area contributed by atoms with Gasteiger partial charge in [0.25, 0.3) is 5.91 Å². The fourth-order valence-electron chi connectivity index (χ4n) is 2.63. The average Bonchev–Trinajstić information content (AvgIpc) is 2.70. The van der Waals surface area contributed by atoms with Crippen LogP contribution in [-0.4, -0.2) is 38.2 Å². The van der Waals surface area contributed by atoms with E-state index in [9.17, 15) is 4.79 Å². The number of benzene rings is 2. The summed E-state index contributed by atoms with van der Waals surface area (Å²) < 4.78 is 16.2. The second kappa shape index (κ2) is 9.70. The SMILES string of the molecule is CCc1ccc(OCC(=O)N(CC)Cc2ccc(OC)c(OC)c2)cc1. The zero-order valence-electron chi connectivity index (χ0n) is 16.0. The van der Waals surface area contributed by atoms with E-state index in [1.165, 1.54) is 5.56 Å². The van der Waals surface area contributed by atoms with Gasteiger partial charge in [-0.3, -0.25) is 4.79 Å².